The number of amides is 1. The smallest absolute Gasteiger partial charge is 0.240 e. The summed E-state index contributed by atoms with van der Waals surface area (Å²) in [5.74, 6) is -1.62. The molecule has 2 aromatic heterocycles. The van der Waals surface area contributed by atoms with Crippen molar-refractivity contribution in [2.45, 2.75) is 10.8 Å². The molecule has 0 aliphatic rings. The molecule has 1 amide bonds. The van der Waals surface area contributed by atoms with Crippen LogP contribution in [0.5, 0.6) is 0 Å². The fourth-order valence-corrected chi connectivity index (χ4v) is 4.39. The van der Waals surface area contributed by atoms with E-state index in [4.69, 9.17) is 22.5 Å². The number of pyridine rings is 1. The Balaban J connectivity index is 1.95. The van der Waals surface area contributed by atoms with Gasteiger partial charge in [-0.05, 0) is 41.5 Å². The van der Waals surface area contributed by atoms with E-state index in [1.54, 1.807) is 59.3 Å². The van der Waals surface area contributed by atoms with Gasteiger partial charge in [0, 0.05) is 11.2 Å². The van der Waals surface area contributed by atoms with Gasteiger partial charge in [0.2, 0.25) is 15.9 Å². The highest BCUT2D eigenvalue weighted by molar-refractivity contribution is 7.89. The Bertz CT molecular complexity index is 1380. The molecule has 0 saturated carbocycles. The quantitative estimate of drug-likeness (QED) is 0.490. The lowest BCUT2D eigenvalue weighted by atomic mass is 9.90. The molecule has 4 rings (SSSR count). The monoisotopic (exact) mass is 441 g/mol. The summed E-state index contributed by atoms with van der Waals surface area (Å²) in [4.78, 5) is 20.4. The SMILES string of the molecule is NC(=O)C(c1ccc(-n2cnc3ncccc32)c(S(N)(=O)=O)c1)c1ccccc1Cl. The molecular formula is C20H16ClN5O3S. The first kappa shape index (κ1) is 20.0. The Kier molecular flexibility index (Phi) is 5.02. The number of rotatable bonds is 5. The van der Waals surface area contributed by atoms with Crippen LogP contribution in [0.15, 0.2) is 72.0 Å². The highest BCUT2D eigenvalue weighted by Gasteiger charge is 2.26. The molecule has 0 aliphatic heterocycles. The summed E-state index contributed by atoms with van der Waals surface area (Å²) >= 11 is 6.25. The number of nitrogens with two attached hydrogens (primary N) is 2. The van der Waals surface area contributed by atoms with Crippen LogP contribution in [-0.2, 0) is 14.8 Å². The van der Waals surface area contributed by atoms with Gasteiger partial charge in [-0.1, -0.05) is 35.9 Å². The van der Waals surface area contributed by atoms with Gasteiger partial charge in [-0.3, -0.25) is 9.36 Å². The van der Waals surface area contributed by atoms with Crippen molar-refractivity contribution in [3.05, 3.63) is 83.3 Å². The number of hydrogen-bond acceptors (Lipinski definition) is 5. The zero-order valence-electron chi connectivity index (χ0n) is 15.4. The molecule has 0 aliphatic carbocycles. The lowest BCUT2D eigenvalue weighted by molar-refractivity contribution is -0.118. The van der Waals surface area contributed by atoms with Crippen molar-refractivity contribution in [2.75, 3.05) is 0 Å². The number of hydrogen-bond donors (Lipinski definition) is 2. The number of primary amides is 1. The molecule has 2 heterocycles. The Morgan fingerprint density at radius 2 is 1.83 bits per heavy atom. The maximum absolute atomic E-state index is 12.4. The molecule has 0 spiro atoms. The number of halogens is 1. The van der Waals surface area contributed by atoms with E-state index in [0.717, 1.165) is 0 Å². The summed E-state index contributed by atoms with van der Waals surface area (Å²) in [7, 11) is -4.16. The Labute approximate surface area is 177 Å². The van der Waals surface area contributed by atoms with E-state index in [1.165, 1.54) is 12.4 Å². The van der Waals surface area contributed by atoms with Crippen LogP contribution in [0.4, 0.5) is 0 Å². The van der Waals surface area contributed by atoms with Crippen molar-refractivity contribution in [1.82, 2.24) is 14.5 Å². The number of primary sulfonamides is 1. The minimum atomic E-state index is -4.16. The second kappa shape index (κ2) is 7.52. The predicted octanol–water partition coefficient (Wildman–Crippen LogP) is 2.34. The van der Waals surface area contributed by atoms with E-state index < -0.39 is 21.8 Å². The van der Waals surface area contributed by atoms with Crippen molar-refractivity contribution in [3.8, 4) is 5.69 Å². The van der Waals surface area contributed by atoms with Crippen molar-refractivity contribution < 1.29 is 13.2 Å². The topological polar surface area (TPSA) is 134 Å². The first-order valence-electron chi connectivity index (χ1n) is 8.76. The lowest BCUT2D eigenvalue weighted by Gasteiger charge is -2.18. The third-order valence-electron chi connectivity index (χ3n) is 4.71. The maximum Gasteiger partial charge on any atom is 0.240 e. The molecule has 0 saturated heterocycles. The molecule has 2 aromatic carbocycles. The van der Waals surface area contributed by atoms with Crippen LogP contribution in [0.1, 0.15) is 17.0 Å². The highest BCUT2D eigenvalue weighted by Crippen LogP contribution is 2.33. The van der Waals surface area contributed by atoms with E-state index in [1.807, 2.05) is 0 Å². The highest BCUT2D eigenvalue weighted by atomic mass is 35.5. The normalized spacial score (nSPS) is 12.7. The van der Waals surface area contributed by atoms with Crippen LogP contribution in [0.3, 0.4) is 0 Å². The van der Waals surface area contributed by atoms with Crippen LogP contribution in [0.2, 0.25) is 5.02 Å². The molecule has 0 fully saturated rings. The van der Waals surface area contributed by atoms with E-state index in [-0.39, 0.29) is 10.6 Å². The molecule has 0 radical (unpaired) electrons. The summed E-state index contributed by atoms with van der Waals surface area (Å²) in [6.45, 7) is 0. The van der Waals surface area contributed by atoms with E-state index in [9.17, 15) is 13.2 Å². The first-order valence-corrected chi connectivity index (χ1v) is 10.7. The number of carbonyl (C=O) groups is 1. The first-order chi connectivity index (χ1) is 14.3. The summed E-state index contributed by atoms with van der Waals surface area (Å²) in [6, 6.07) is 14.7. The average molecular weight is 442 g/mol. The standard InChI is InChI=1S/C20H16ClN5O3S/c21-14-5-2-1-4-13(14)18(19(22)27)12-7-8-15(17(10-12)30(23,28)29)26-11-25-20-16(26)6-3-9-24-20/h1-11,18H,(H2,22,27)(H2,23,28,29). The number of fused-ring (bicyclic) bond motifs is 1. The van der Waals surface area contributed by atoms with Gasteiger partial charge in [0.15, 0.2) is 5.65 Å². The maximum atomic E-state index is 12.4. The lowest BCUT2D eigenvalue weighted by Crippen LogP contribution is -2.24. The molecule has 30 heavy (non-hydrogen) atoms. The van der Waals surface area contributed by atoms with Gasteiger partial charge in [0.25, 0.3) is 0 Å². The van der Waals surface area contributed by atoms with E-state index in [2.05, 4.69) is 9.97 Å². The summed E-state index contributed by atoms with van der Waals surface area (Å²) in [5.41, 5.74) is 7.79. The van der Waals surface area contributed by atoms with Gasteiger partial charge in [-0.2, -0.15) is 0 Å². The molecule has 4 N–H and O–H groups in total. The number of nitrogens with zero attached hydrogens (tertiary/aromatic N) is 3. The number of carbonyl (C=O) groups excluding carboxylic acids is 1. The molecule has 4 aromatic rings. The molecule has 152 valence electrons. The van der Waals surface area contributed by atoms with Crippen LogP contribution in [0.25, 0.3) is 16.9 Å². The molecular weight excluding hydrogens is 426 g/mol. The Hall–Kier alpha value is -3.27. The third-order valence-corrected chi connectivity index (χ3v) is 5.99. The van der Waals surface area contributed by atoms with E-state index in [0.29, 0.717) is 27.3 Å². The second-order valence-corrected chi connectivity index (χ2v) is 8.53. The van der Waals surface area contributed by atoms with Gasteiger partial charge in [-0.25, -0.2) is 23.5 Å². The van der Waals surface area contributed by atoms with Crippen LogP contribution < -0.4 is 10.9 Å². The minimum absolute atomic E-state index is 0.179. The summed E-state index contributed by atoms with van der Waals surface area (Å²) in [6.07, 6.45) is 3.05. The van der Waals surface area contributed by atoms with Crippen LogP contribution in [-0.4, -0.2) is 28.9 Å². The molecule has 0 bridgehead atoms. The van der Waals surface area contributed by atoms with Crippen molar-refractivity contribution in [1.29, 1.82) is 0 Å². The Morgan fingerprint density at radius 3 is 2.53 bits per heavy atom. The van der Waals surface area contributed by atoms with Gasteiger partial charge < -0.3 is 5.73 Å². The zero-order chi connectivity index (χ0) is 21.5. The van der Waals surface area contributed by atoms with Crippen LogP contribution >= 0.6 is 11.6 Å². The number of imidazole rings is 1. The van der Waals surface area contributed by atoms with Gasteiger partial charge in [0.05, 0.1) is 17.1 Å². The van der Waals surface area contributed by atoms with E-state index >= 15 is 0 Å². The number of benzene rings is 2. The molecule has 10 heteroatoms. The molecule has 8 nitrogen and oxygen atoms in total. The average Bonchev–Trinajstić information content (AvgIpc) is 3.13. The fourth-order valence-electron chi connectivity index (χ4n) is 3.39. The summed E-state index contributed by atoms with van der Waals surface area (Å²) in [5, 5.41) is 5.84. The van der Waals surface area contributed by atoms with Crippen molar-refractivity contribution in [2.24, 2.45) is 10.9 Å². The van der Waals surface area contributed by atoms with Crippen molar-refractivity contribution in [3.63, 3.8) is 0 Å². The van der Waals surface area contributed by atoms with Gasteiger partial charge in [-0.15, -0.1) is 0 Å². The second-order valence-electron chi connectivity index (χ2n) is 6.59. The molecule has 1 atom stereocenters. The largest absolute Gasteiger partial charge is 0.369 e. The predicted molar refractivity (Wildman–Crippen MR) is 113 cm³/mol. The zero-order valence-corrected chi connectivity index (χ0v) is 17.0. The van der Waals surface area contributed by atoms with Crippen LogP contribution in [0, 0.1) is 0 Å². The fraction of sp³-hybridized carbons (Fsp3) is 0.0500. The summed E-state index contributed by atoms with van der Waals surface area (Å²) < 4.78 is 26.4. The van der Waals surface area contributed by atoms with Crippen molar-refractivity contribution >= 4 is 38.7 Å². The molecule has 1 unspecified atom stereocenters. The third kappa shape index (κ3) is 3.54. The number of sulfonamides is 1. The van der Waals surface area contributed by atoms with Gasteiger partial charge in [0.1, 0.15) is 11.2 Å². The minimum Gasteiger partial charge on any atom is -0.369 e. The Morgan fingerprint density at radius 1 is 1.07 bits per heavy atom. The van der Waals surface area contributed by atoms with Gasteiger partial charge >= 0.3 is 0 Å². The number of aromatic nitrogens is 3.